The molecule has 20 heavy (non-hydrogen) atoms. The summed E-state index contributed by atoms with van der Waals surface area (Å²) >= 11 is 1.64. The minimum atomic E-state index is -0.655. The Bertz CT molecular complexity index is 433. The average molecular weight is 340 g/mol. The molecule has 3 N–H and O–H groups in total. The Kier molecular flexibility index (Phi) is 8.03. The maximum Gasteiger partial charge on any atom is 0.240 e. The van der Waals surface area contributed by atoms with Gasteiger partial charge in [0.05, 0.1) is 22.3 Å². The van der Waals surface area contributed by atoms with Crippen LogP contribution >= 0.6 is 36.2 Å². The van der Waals surface area contributed by atoms with Crippen LogP contribution in [0.4, 0.5) is 0 Å². The first-order valence-electron chi connectivity index (χ1n) is 6.59. The van der Waals surface area contributed by atoms with E-state index in [-0.39, 0.29) is 36.8 Å². The monoisotopic (exact) mass is 339 g/mol. The Morgan fingerprint density at radius 1 is 1.50 bits per heavy atom. The van der Waals surface area contributed by atoms with Crippen LogP contribution in [0.25, 0.3) is 0 Å². The lowest BCUT2D eigenvalue weighted by molar-refractivity contribution is -0.126. The number of nitrogens with one attached hydrogen (secondary N) is 1. The lowest BCUT2D eigenvalue weighted by atomic mass is 9.97. The highest BCUT2D eigenvalue weighted by molar-refractivity contribution is 7.09. The summed E-state index contributed by atoms with van der Waals surface area (Å²) in [5, 5.41) is 6.12. The van der Waals surface area contributed by atoms with Gasteiger partial charge >= 0.3 is 0 Å². The van der Waals surface area contributed by atoms with E-state index in [1.165, 1.54) is 0 Å². The minimum absolute atomic E-state index is 0. The number of nitrogens with zero attached hydrogens (tertiary/aromatic N) is 1. The van der Waals surface area contributed by atoms with Crippen molar-refractivity contribution in [2.75, 3.05) is 0 Å². The summed E-state index contributed by atoms with van der Waals surface area (Å²) in [6.07, 6.45) is 4.63. The van der Waals surface area contributed by atoms with E-state index < -0.39 is 5.54 Å². The number of carbonyl (C=O) groups is 1. The Morgan fingerprint density at radius 2 is 2.10 bits per heavy atom. The van der Waals surface area contributed by atoms with Gasteiger partial charge in [0, 0.05) is 5.38 Å². The molecule has 1 aromatic rings. The number of thiazole rings is 1. The first-order chi connectivity index (χ1) is 8.55. The van der Waals surface area contributed by atoms with Gasteiger partial charge in [-0.25, -0.2) is 4.98 Å². The minimum Gasteiger partial charge on any atom is -0.346 e. The normalized spacial score (nSPS) is 17.8. The summed E-state index contributed by atoms with van der Waals surface area (Å²) in [6.45, 7) is 4.05. The SMILES string of the molecule is CCc1nc(C(C)NC(=O)C2(N)CCCC2)cs1.Cl.Cl. The van der Waals surface area contributed by atoms with Crippen molar-refractivity contribution in [2.45, 2.75) is 57.5 Å². The molecule has 1 saturated carbocycles. The molecule has 7 heteroatoms. The molecule has 0 spiro atoms. The van der Waals surface area contributed by atoms with E-state index in [1.807, 2.05) is 12.3 Å². The molecule has 0 saturated heterocycles. The zero-order valence-corrected chi connectivity index (χ0v) is 14.3. The molecule has 0 bridgehead atoms. The van der Waals surface area contributed by atoms with Gasteiger partial charge < -0.3 is 11.1 Å². The van der Waals surface area contributed by atoms with Crippen LogP contribution in [0.5, 0.6) is 0 Å². The summed E-state index contributed by atoms with van der Waals surface area (Å²) in [7, 11) is 0. The smallest absolute Gasteiger partial charge is 0.240 e. The number of hydrogen-bond acceptors (Lipinski definition) is 4. The van der Waals surface area contributed by atoms with E-state index in [1.54, 1.807) is 11.3 Å². The average Bonchev–Trinajstić information content (AvgIpc) is 2.98. The van der Waals surface area contributed by atoms with Crippen LogP contribution in [0, 0.1) is 0 Å². The fourth-order valence-electron chi connectivity index (χ4n) is 2.33. The molecule has 1 aromatic heterocycles. The molecule has 2 rings (SSSR count). The highest BCUT2D eigenvalue weighted by Gasteiger charge is 2.37. The fourth-order valence-corrected chi connectivity index (χ4v) is 3.17. The van der Waals surface area contributed by atoms with Crippen LogP contribution in [0.3, 0.4) is 0 Å². The maximum absolute atomic E-state index is 12.2. The molecule has 116 valence electrons. The number of aromatic nitrogens is 1. The number of hydrogen-bond donors (Lipinski definition) is 2. The summed E-state index contributed by atoms with van der Waals surface area (Å²) in [5.41, 5.74) is 6.41. The van der Waals surface area contributed by atoms with Crippen molar-refractivity contribution in [1.82, 2.24) is 10.3 Å². The van der Waals surface area contributed by atoms with Crippen LogP contribution < -0.4 is 11.1 Å². The lowest BCUT2D eigenvalue weighted by Gasteiger charge is -2.24. The van der Waals surface area contributed by atoms with Gasteiger partial charge in [0.1, 0.15) is 0 Å². The van der Waals surface area contributed by atoms with Crippen LogP contribution in [0.1, 0.15) is 56.3 Å². The van der Waals surface area contributed by atoms with Crippen LogP contribution in [0.2, 0.25) is 0 Å². The molecule has 1 aliphatic rings. The number of amides is 1. The third kappa shape index (κ3) is 4.32. The van der Waals surface area contributed by atoms with Gasteiger partial charge in [-0.05, 0) is 26.2 Å². The molecule has 1 aliphatic carbocycles. The molecule has 1 unspecified atom stereocenters. The first-order valence-corrected chi connectivity index (χ1v) is 7.47. The number of aryl methyl sites for hydroxylation is 1. The molecule has 1 heterocycles. The Hall–Kier alpha value is -0.360. The summed E-state index contributed by atoms with van der Waals surface area (Å²) in [4.78, 5) is 16.7. The predicted octanol–water partition coefficient (Wildman–Crippen LogP) is 3.00. The van der Waals surface area contributed by atoms with Crippen molar-refractivity contribution in [3.8, 4) is 0 Å². The van der Waals surface area contributed by atoms with Crippen LogP contribution in [-0.2, 0) is 11.2 Å². The number of nitrogens with two attached hydrogens (primary N) is 1. The molecule has 0 aliphatic heterocycles. The van der Waals surface area contributed by atoms with Gasteiger partial charge in [-0.2, -0.15) is 0 Å². The summed E-state index contributed by atoms with van der Waals surface area (Å²) < 4.78 is 0. The van der Waals surface area contributed by atoms with Crippen molar-refractivity contribution in [1.29, 1.82) is 0 Å². The Morgan fingerprint density at radius 3 is 2.60 bits per heavy atom. The third-order valence-electron chi connectivity index (χ3n) is 3.61. The Balaban J connectivity index is 0.00000180. The van der Waals surface area contributed by atoms with Gasteiger partial charge in [-0.3, -0.25) is 4.79 Å². The number of halogens is 2. The van der Waals surface area contributed by atoms with Crippen molar-refractivity contribution in [3.05, 3.63) is 16.1 Å². The zero-order valence-electron chi connectivity index (χ0n) is 11.8. The van der Waals surface area contributed by atoms with Crippen molar-refractivity contribution >= 4 is 42.1 Å². The molecule has 1 fully saturated rings. The summed E-state index contributed by atoms with van der Waals surface area (Å²) in [5.74, 6) is -0.0291. The molecule has 0 aromatic carbocycles. The first kappa shape index (κ1) is 19.6. The van der Waals surface area contributed by atoms with Crippen LogP contribution in [-0.4, -0.2) is 16.4 Å². The Labute approximate surface area is 136 Å². The van der Waals surface area contributed by atoms with Gasteiger partial charge in [0.15, 0.2) is 0 Å². The van der Waals surface area contributed by atoms with E-state index in [2.05, 4.69) is 17.2 Å². The standard InChI is InChI=1S/C13H21N3OS.2ClH/c1-3-11-16-10(8-18-11)9(2)15-12(17)13(14)6-4-5-7-13;;/h8-9H,3-7,14H2,1-2H3,(H,15,17);2*1H. The molecular weight excluding hydrogens is 317 g/mol. The maximum atomic E-state index is 12.2. The summed E-state index contributed by atoms with van der Waals surface area (Å²) in [6, 6.07) is -0.0601. The largest absolute Gasteiger partial charge is 0.346 e. The molecule has 0 radical (unpaired) electrons. The second-order valence-electron chi connectivity index (χ2n) is 5.08. The number of rotatable bonds is 4. The lowest BCUT2D eigenvalue weighted by Crippen LogP contribution is -2.52. The second kappa shape index (κ2) is 8.17. The molecule has 1 atom stereocenters. The number of carbonyl (C=O) groups excluding carboxylic acids is 1. The molecule has 4 nitrogen and oxygen atoms in total. The highest BCUT2D eigenvalue weighted by Crippen LogP contribution is 2.28. The van der Waals surface area contributed by atoms with Crippen LogP contribution in [0.15, 0.2) is 5.38 Å². The van der Waals surface area contributed by atoms with Gasteiger partial charge in [-0.15, -0.1) is 36.2 Å². The second-order valence-corrected chi connectivity index (χ2v) is 6.02. The van der Waals surface area contributed by atoms with E-state index in [9.17, 15) is 4.79 Å². The van der Waals surface area contributed by atoms with Crippen molar-refractivity contribution in [3.63, 3.8) is 0 Å². The molecular formula is C13H23Cl2N3OS. The topological polar surface area (TPSA) is 68.0 Å². The van der Waals surface area contributed by atoms with Gasteiger partial charge in [0.2, 0.25) is 5.91 Å². The van der Waals surface area contributed by atoms with E-state index in [0.717, 1.165) is 42.8 Å². The van der Waals surface area contributed by atoms with Crippen molar-refractivity contribution in [2.24, 2.45) is 5.73 Å². The van der Waals surface area contributed by atoms with E-state index >= 15 is 0 Å². The quantitative estimate of drug-likeness (QED) is 0.885. The molecule has 1 amide bonds. The highest BCUT2D eigenvalue weighted by atomic mass is 35.5. The van der Waals surface area contributed by atoms with Crippen molar-refractivity contribution < 1.29 is 4.79 Å². The predicted molar refractivity (Wildman–Crippen MR) is 87.9 cm³/mol. The third-order valence-corrected chi connectivity index (χ3v) is 4.62. The fraction of sp³-hybridized carbons (Fsp3) is 0.692. The van der Waals surface area contributed by atoms with Gasteiger partial charge in [0.25, 0.3) is 0 Å². The van der Waals surface area contributed by atoms with E-state index in [4.69, 9.17) is 5.73 Å². The zero-order chi connectivity index (χ0) is 13.2. The van der Waals surface area contributed by atoms with E-state index in [0.29, 0.717) is 0 Å². The van der Waals surface area contributed by atoms with Gasteiger partial charge in [-0.1, -0.05) is 19.8 Å².